The lowest BCUT2D eigenvalue weighted by atomic mass is 9.99. The van der Waals surface area contributed by atoms with Crippen LogP contribution in [0.3, 0.4) is 0 Å². The fraction of sp³-hybridized carbons (Fsp3) is 0.368. The van der Waals surface area contributed by atoms with Crippen LogP contribution in [0, 0.1) is 0 Å². The second kappa shape index (κ2) is 7.57. The van der Waals surface area contributed by atoms with E-state index in [9.17, 15) is 9.90 Å². The minimum absolute atomic E-state index is 0.0227. The summed E-state index contributed by atoms with van der Waals surface area (Å²) in [6, 6.07) is 8.93. The van der Waals surface area contributed by atoms with E-state index in [1.54, 1.807) is 34.5 Å². The fourth-order valence-corrected chi connectivity index (χ4v) is 4.02. The largest absolute Gasteiger partial charge is 0.508 e. The number of carbonyl (C=O) groups excluding carboxylic acids is 1. The first-order valence-corrected chi connectivity index (χ1v) is 9.66. The van der Waals surface area contributed by atoms with Gasteiger partial charge in [-0.25, -0.2) is 5.01 Å². The number of amides is 1. The second-order valence-corrected chi connectivity index (χ2v) is 7.28. The maximum absolute atomic E-state index is 13.0. The molecule has 2 aliphatic rings. The quantitative estimate of drug-likeness (QED) is 0.897. The minimum Gasteiger partial charge on any atom is -0.508 e. The number of thiophene rings is 1. The number of aromatic hydroxyl groups is 1. The molecule has 2 aliphatic heterocycles. The van der Waals surface area contributed by atoms with Crippen LogP contribution in [-0.2, 0) is 9.53 Å². The molecule has 0 radical (unpaired) electrons. The van der Waals surface area contributed by atoms with Gasteiger partial charge in [-0.3, -0.25) is 9.69 Å². The van der Waals surface area contributed by atoms with E-state index in [0.29, 0.717) is 26.2 Å². The first-order chi connectivity index (χ1) is 12.7. The lowest BCUT2D eigenvalue weighted by molar-refractivity contribution is -0.135. The summed E-state index contributed by atoms with van der Waals surface area (Å²) in [6.07, 6.45) is 0.648. The number of morpholine rings is 1. The van der Waals surface area contributed by atoms with Crippen molar-refractivity contribution in [3.05, 3.63) is 52.2 Å². The molecule has 6 nitrogen and oxygen atoms in total. The molecule has 1 aromatic heterocycles. The van der Waals surface area contributed by atoms with Gasteiger partial charge in [0.15, 0.2) is 0 Å². The Balaban J connectivity index is 1.58. The summed E-state index contributed by atoms with van der Waals surface area (Å²) in [6.45, 7) is 3.17. The van der Waals surface area contributed by atoms with Gasteiger partial charge in [-0.2, -0.15) is 16.4 Å². The third-order valence-corrected chi connectivity index (χ3v) is 5.42. The van der Waals surface area contributed by atoms with Crippen molar-refractivity contribution in [2.45, 2.75) is 12.5 Å². The van der Waals surface area contributed by atoms with E-state index in [1.807, 2.05) is 22.9 Å². The van der Waals surface area contributed by atoms with Crippen LogP contribution < -0.4 is 0 Å². The average Bonchev–Trinajstić information content (AvgIpc) is 3.32. The summed E-state index contributed by atoms with van der Waals surface area (Å²) < 4.78 is 5.36. The molecule has 1 aromatic carbocycles. The molecule has 1 atom stereocenters. The van der Waals surface area contributed by atoms with E-state index in [4.69, 9.17) is 4.74 Å². The number of ether oxygens (including phenoxy) is 1. The topological polar surface area (TPSA) is 65.4 Å². The van der Waals surface area contributed by atoms with Crippen molar-refractivity contribution in [3.63, 3.8) is 0 Å². The predicted octanol–water partition coefficient (Wildman–Crippen LogP) is 2.46. The molecule has 0 spiro atoms. The highest BCUT2D eigenvalue weighted by Gasteiger charge is 2.34. The van der Waals surface area contributed by atoms with Gasteiger partial charge in [0.25, 0.3) is 5.91 Å². The van der Waals surface area contributed by atoms with E-state index in [-0.39, 0.29) is 17.7 Å². The molecule has 2 aromatic rings. The van der Waals surface area contributed by atoms with Crippen molar-refractivity contribution in [1.82, 2.24) is 9.91 Å². The Kier molecular flexibility index (Phi) is 5.01. The van der Waals surface area contributed by atoms with Crippen molar-refractivity contribution in [3.8, 4) is 5.75 Å². The van der Waals surface area contributed by atoms with Crippen molar-refractivity contribution in [1.29, 1.82) is 0 Å². The lowest BCUT2D eigenvalue weighted by Crippen LogP contribution is -2.43. The Morgan fingerprint density at radius 1 is 1.31 bits per heavy atom. The Morgan fingerprint density at radius 3 is 2.88 bits per heavy atom. The van der Waals surface area contributed by atoms with Crippen LogP contribution in [0.25, 0.3) is 0 Å². The molecule has 0 unspecified atom stereocenters. The molecule has 1 saturated heterocycles. The molecular weight excluding hydrogens is 350 g/mol. The SMILES string of the molecule is O=C(CN1CCOCC1)N1N=C(c2ccsc2)C[C@@H]1c1cccc(O)c1. The Labute approximate surface area is 156 Å². The molecule has 7 heteroatoms. The van der Waals surface area contributed by atoms with E-state index in [0.717, 1.165) is 29.9 Å². The van der Waals surface area contributed by atoms with Gasteiger partial charge in [0.2, 0.25) is 0 Å². The molecule has 26 heavy (non-hydrogen) atoms. The second-order valence-electron chi connectivity index (χ2n) is 6.50. The number of phenols is 1. The fourth-order valence-electron chi connectivity index (χ4n) is 3.36. The van der Waals surface area contributed by atoms with Gasteiger partial charge in [0, 0.05) is 25.1 Å². The van der Waals surface area contributed by atoms with E-state index in [2.05, 4.69) is 10.0 Å². The maximum Gasteiger partial charge on any atom is 0.257 e. The third kappa shape index (κ3) is 3.65. The Bertz CT molecular complexity index is 800. The van der Waals surface area contributed by atoms with Gasteiger partial charge in [-0.15, -0.1) is 0 Å². The number of phenolic OH excluding ortho intramolecular Hbond substituents is 1. The number of hydrogen-bond donors (Lipinski definition) is 1. The predicted molar refractivity (Wildman–Crippen MR) is 100 cm³/mol. The molecule has 1 amide bonds. The summed E-state index contributed by atoms with van der Waals surface area (Å²) in [5.74, 6) is 0.178. The van der Waals surface area contributed by atoms with Gasteiger partial charge in [0.05, 0.1) is 31.5 Å². The summed E-state index contributed by atoms with van der Waals surface area (Å²) in [5.41, 5.74) is 2.87. The highest BCUT2D eigenvalue weighted by atomic mass is 32.1. The molecule has 0 aliphatic carbocycles. The minimum atomic E-state index is -0.189. The molecular formula is C19H21N3O3S. The molecule has 136 valence electrons. The number of rotatable bonds is 4. The first kappa shape index (κ1) is 17.2. The first-order valence-electron chi connectivity index (χ1n) is 8.72. The maximum atomic E-state index is 13.0. The molecule has 4 rings (SSSR count). The van der Waals surface area contributed by atoms with Crippen LogP contribution >= 0.6 is 11.3 Å². The summed E-state index contributed by atoms with van der Waals surface area (Å²) in [7, 11) is 0. The zero-order valence-electron chi connectivity index (χ0n) is 14.4. The van der Waals surface area contributed by atoms with Crippen LogP contribution in [-0.4, -0.2) is 59.5 Å². The Hall–Kier alpha value is -2.22. The van der Waals surface area contributed by atoms with Gasteiger partial charge in [-0.1, -0.05) is 12.1 Å². The number of carbonyl (C=O) groups is 1. The zero-order valence-corrected chi connectivity index (χ0v) is 15.2. The standard InChI is InChI=1S/C19H21N3O3S/c23-16-3-1-2-14(10-16)18-11-17(15-4-9-26-13-15)20-22(18)19(24)12-21-5-7-25-8-6-21/h1-4,9-10,13,18,23H,5-8,11-12H2/t18-/m1/s1. The molecule has 1 N–H and O–H groups in total. The average molecular weight is 371 g/mol. The van der Waals surface area contributed by atoms with Gasteiger partial charge < -0.3 is 9.84 Å². The van der Waals surface area contributed by atoms with Gasteiger partial charge in [-0.05, 0) is 34.5 Å². The number of benzene rings is 1. The van der Waals surface area contributed by atoms with E-state index in [1.165, 1.54) is 0 Å². The van der Waals surface area contributed by atoms with Crippen molar-refractivity contribution in [2.75, 3.05) is 32.8 Å². The summed E-state index contributed by atoms with van der Waals surface area (Å²) >= 11 is 1.62. The lowest BCUT2D eigenvalue weighted by Gasteiger charge is -2.29. The van der Waals surface area contributed by atoms with Crippen LogP contribution in [0.15, 0.2) is 46.2 Å². The monoisotopic (exact) mass is 371 g/mol. The normalized spacial score (nSPS) is 21.0. The van der Waals surface area contributed by atoms with Gasteiger partial charge >= 0.3 is 0 Å². The number of hydrazone groups is 1. The molecule has 1 fully saturated rings. The highest BCUT2D eigenvalue weighted by molar-refractivity contribution is 7.08. The number of hydrogen-bond acceptors (Lipinski definition) is 6. The molecule has 3 heterocycles. The zero-order chi connectivity index (χ0) is 17.9. The highest BCUT2D eigenvalue weighted by Crippen LogP contribution is 2.34. The van der Waals surface area contributed by atoms with Crippen LogP contribution in [0.1, 0.15) is 23.6 Å². The Morgan fingerprint density at radius 2 is 2.15 bits per heavy atom. The smallest absolute Gasteiger partial charge is 0.257 e. The van der Waals surface area contributed by atoms with E-state index >= 15 is 0 Å². The molecule has 0 saturated carbocycles. The van der Waals surface area contributed by atoms with Crippen LogP contribution in [0.2, 0.25) is 0 Å². The summed E-state index contributed by atoms with van der Waals surface area (Å²) in [5, 5.41) is 20.2. The van der Waals surface area contributed by atoms with Crippen molar-refractivity contribution >= 4 is 23.0 Å². The van der Waals surface area contributed by atoms with E-state index < -0.39 is 0 Å². The van der Waals surface area contributed by atoms with Crippen molar-refractivity contribution in [2.24, 2.45) is 5.10 Å². The van der Waals surface area contributed by atoms with Gasteiger partial charge in [0.1, 0.15) is 5.75 Å². The number of nitrogens with zero attached hydrogens (tertiary/aromatic N) is 3. The van der Waals surface area contributed by atoms with Crippen LogP contribution in [0.4, 0.5) is 0 Å². The third-order valence-electron chi connectivity index (χ3n) is 4.74. The van der Waals surface area contributed by atoms with Crippen molar-refractivity contribution < 1.29 is 14.6 Å². The van der Waals surface area contributed by atoms with Crippen LogP contribution in [0.5, 0.6) is 5.75 Å². The molecule has 0 bridgehead atoms. The summed E-state index contributed by atoms with van der Waals surface area (Å²) in [4.78, 5) is 15.1.